The molecule has 2 atom stereocenters. The van der Waals surface area contributed by atoms with Crippen molar-refractivity contribution in [3.63, 3.8) is 0 Å². The van der Waals surface area contributed by atoms with E-state index < -0.39 is 0 Å². The van der Waals surface area contributed by atoms with E-state index in [2.05, 4.69) is 43.3 Å². The summed E-state index contributed by atoms with van der Waals surface area (Å²) < 4.78 is 6.07. The van der Waals surface area contributed by atoms with Gasteiger partial charge in [-0.25, -0.2) is 9.98 Å². The fourth-order valence-electron chi connectivity index (χ4n) is 3.21. The third-order valence-corrected chi connectivity index (χ3v) is 5.32. The average Bonchev–Trinajstić information content (AvgIpc) is 2.94. The molecule has 0 bridgehead atoms. The molecule has 1 aliphatic heterocycles. The Labute approximate surface area is 150 Å². The van der Waals surface area contributed by atoms with E-state index in [-0.39, 0.29) is 5.41 Å². The van der Waals surface area contributed by atoms with Gasteiger partial charge in [0.2, 0.25) is 0 Å². The van der Waals surface area contributed by atoms with Gasteiger partial charge in [0.15, 0.2) is 5.96 Å². The number of hydrogen-bond donors (Lipinski definition) is 2. The fourth-order valence-corrected chi connectivity index (χ4v) is 3.91. The summed E-state index contributed by atoms with van der Waals surface area (Å²) in [4.78, 5) is 10.2. The summed E-state index contributed by atoms with van der Waals surface area (Å²) in [7, 11) is 0. The summed E-state index contributed by atoms with van der Waals surface area (Å²) in [5.41, 5.74) is 3.13. The van der Waals surface area contributed by atoms with E-state index in [0.717, 1.165) is 37.8 Å². The maximum Gasteiger partial charge on any atom is 0.191 e. The number of ether oxygens (including phenoxy) is 1. The molecule has 2 heterocycles. The standard InChI is InChI=1S/C18H32N4OS/c1-6-19-17(21-11-15-13(2)22-12-24-15)20-10-14-8-7-9-23-16(14)18(3,4)5/h12,14,16H,6-11H2,1-5H3,(H2,19,20,21). The maximum atomic E-state index is 6.07. The normalized spacial score (nSPS) is 22.5. The van der Waals surface area contributed by atoms with E-state index in [1.807, 2.05) is 12.4 Å². The SMILES string of the molecule is CCNC(=NCc1scnc1C)NCC1CCCOC1C(C)(C)C. The highest BCUT2D eigenvalue weighted by Crippen LogP contribution is 2.33. The predicted octanol–water partition coefficient (Wildman–Crippen LogP) is 3.35. The van der Waals surface area contributed by atoms with Crippen LogP contribution in [0.2, 0.25) is 0 Å². The Bertz CT molecular complexity index is 535. The van der Waals surface area contributed by atoms with Crippen molar-refractivity contribution in [3.8, 4) is 0 Å². The minimum atomic E-state index is 0.169. The average molecular weight is 353 g/mol. The summed E-state index contributed by atoms with van der Waals surface area (Å²) in [6, 6.07) is 0. The van der Waals surface area contributed by atoms with Crippen molar-refractivity contribution < 1.29 is 4.74 Å². The molecule has 2 N–H and O–H groups in total. The van der Waals surface area contributed by atoms with E-state index in [0.29, 0.717) is 18.6 Å². The second-order valence-electron chi connectivity index (χ2n) is 7.50. The largest absolute Gasteiger partial charge is 0.377 e. The van der Waals surface area contributed by atoms with Crippen molar-refractivity contribution in [1.82, 2.24) is 15.6 Å². The van der Waals surface area contributed by atoms with Gasteiger partial charge in [-0.15, -0.1) is 11.3 Å². The summed E-state index contributed by atoms with van der Waals surface area (Å²) in [6.45, 7) is 14.2. The Morgan fingerprint density at radius 2 is 2.21 bits per heavy atom. The van der Waals surface area contributed by atoms with E-state index in [1.54, 1.807) is 11.3 Å². The van der Waals surface area contributed by atoms with Crippen LogP contribution in [0.5, 0.6) is 0 Å². The van der Waals surface area contributed by atoms with E-state index in [4.69, 9.17) is 9.73 Å². The van der Waals surface area contributed by atoms with Crippen molar-refractivity contribution in [2.24, 2.45) is 16.3 Å². The summed E-state index contributed by atoms with van der Waals surface area (Å²) in [5, 5.41) is 6.86. The zero-order valence-electron chi connectivity index (χ0n) is 15.7. The highest BCUT2D eigenvalue weighted by Gasteiger charge is 2.35. The molecule has 0 amide bonds. The Hall–Kier alpha value is -1.14. The van der Waals surface area contributed by atoms with Crippen molar-refractivity contribution in [1.29, 1.82) is 0 Å². The van der Waals surface area contributed by atoms with Crippen LogP contribution in [0.4, 0.5) is 0 Å². The van der Waals surface area contributed by atoms with Crippen LogP contribution >= 0.6 is 11.3 Å². The number of aliphatic imine (C=N–C) groups is 1. The number of thiazole rings is 1. The Balaban J connectivity index is 1.95. The molecule has 1 fully saturated rings. The van der Waals surface area contributed by atoms with Crippen molar-refractivity contribution in [2.75, 3.05) is 19.7 Å². The van der Waals surface area contributed by atoms with Gasteiger partial charge in [-0.3, -0.25) is 0 Å². The number of nitrogens with zero attached hydrogens (tertiary/aromatic N) is 2. The van der Waals surface area contributed by atoms with Crippen LogP contribution in [0.15, 0.2) is 10.5 Å². The van der Waals surface area contributed by atoms with Crippen LogP contribution in [0, 0.1) is 18.3 Å². The molecule has 0 spiro atoms. The molecule has 2 unspecified atom stereocenters. The number of aryl methyl sites for hydroxylation is 1. The summed E-state index contributed by atoms with van der Waals surface area (Å²) in [6.07, 6.45) is 2.65. The van der Waals surface area contributed by atoms with Crippen LogP contribution in [0.25, 0.3) is 0 Å². The molecule has 1 aromatic heterocycles. The molecular weight excluding hydrogens is 320 g/mol. The quantitative estimate of drug-likeness (QED) is 0.630. The number of rotatable bonds is 5. The minimum absolute atomic E-state index is 0.169. The first-order chi connectivity index (χ1) is 11.4. The minimum Gasteiger partial charge on any atom is -0.377 e. The molecule has 5 nitrogen and oxygen atoms in total. The monoisotopic (exact) mass is 352 g/mol. The van der Waals surface area contributed by atoms with Crippen molar-refractivity contribution >= 4 is 17.3 Å². The molecule has 0 saturated carbocycles. The molecular formula is C18H32N4OS. The lowest BCUT2D eigenvalue weighted by molar-refractivity contribution is -0.0835. The Morgan fingerprint density at radius 3 is 2.83 bits per heavy atom. The van der Waals surface area contributed by atoms with Crippen LogP contribution in [0.1, 0.15) is 51.1 Å². The number of nitrogens with one attached hydrogen (secondary N) is 2. The fraction of sp³-hybridized carbons (Fsp3) is 0.778. The molecule has 24 heavy (non-hydrogen) atoms. The van der Waals surface area contributed by atoms with Gasteiger partial charge in [0.05, 0.1) is 23.9 Å². The smallest absolute Gasteiger partial charge is 0.191 e. The molecule has 1 aromatic rings. The van der Waals surface area contributed by atoms with Gasteiger partial charge >= 0.3 is 0 Å². The topological polar surface area (TPSA) is 58.5 Å². The molecule has 6 heteroatoms. The van der Waals surface area contributed by atoms with Gasteiger partial charge in [-0.1, -0.05) is 20.8 Å². The zero-order chi connectivity index (χ0) is 17.6. The van der Waals surface area contributed by atoms with Crippen molar-refractivity contribution in [2.45, 2.75) is 60.1 Å². The Kier molecular flexibility index (Phi) is 7.04. The first-order valence-corrected chi connectivity index (χ1v) is 9.82. The maximum absolute atomic E-state index is 6.07. The van der Waals surface area contributed by atoms with E-state index in [9.17, 15) is 0 Å². The van der Waals surface area contributed by atoms with E-state index >= 15 is 0 Å². The van der Waals surface area contributed by atoms with Gasteiger partial charge in [-0.2, -0.15) is 0 Å². The lowest BCUT2D eigenvalue weighted by Gasteiger charge is -2.40. The summed E-state index contributed by atoms with van der Waals surface area (Å²) >= 11 is 1.67. The lowest BCUT2D eigenvalue weighted by Crippen LogP contribution is -2.47. The van der Waals surface area contributed by atoms with Crippen LogP contribution in [0.3, 0.4) is 0 Å². The van der Waals surface area contributed by atoms with Gasteiger partial charge in [0, 0.05) is 30.5 Å². The highest BCUT2D eigenvalue weighted by molar-refractivity contribution is 7.09. The van der Waals surface area contributed by atoms with Crippen LogP contribution < -0.4 is 10.6 Å². The van der Waals surface area contributed by atoms with Gasteiger partial charge in [0.1, 0.15) is 0 Å². The lowest BCUT2D eigenvalue weighted by atomic mass is 9.78. The zero-order valence-corrected chi connectivity index (χ0v) is 16.5. The van der Waals surface area contributed by atoms with Crippen molar-refractivity contribution in [3.05, 3.63) is 16.1 Å². The summed E-state index contributed by atoms with van der Waals surface area (Å²) in [5.74, 6) is 1.40. The molecule has 1 aliphatic rings. The second-order valence-corrected chi connectivity index (χ2v) is 8.44. The molecule has 136 valence electrons. The van der Waals surface area contributed by atoms with Crippen LogP contribution in [-0.2, 0) is 11.3 Å². The molecule has 0 radical (unpaired) electrons. The van der Waals surface area contributed by atoms with Gasteiger partial charge in [0.25, 0.3) is 0 Å². The first-order valence-electron chi connectivity index (χ1n) is 8.94. The third-order valence-electron chi connectivity index (χ3n) is 4.40. The third kappa shape index (κ3) is 5.45. The van der Waals surface area contributed by atoms with E-state index in [1.165, 1.54) is 11.3 Å². The molecule has 0 aromatic carbocycles. The highest BCUT2D eigenvalue weighted by atomic mass is 32.1. The Morgan fingerprint density at radius 1 is 1.42 bits per heavy atom. The number of guanidine groups is 1. The van der Waals surface area contributed by atoms with Gasteiger partial charge < -0.3 is 15.4 Å². The predicted molar refractivity (Wildman–Crippen MR) is 102 cm³/mol. The van der Waals surface area contributed by atoms with Crippen LogP contribution in [-0.4, -0.2) is 36.7 Å². The second kappa shape index (κ2) is 8.81. The molecule has 2 rings (SSSR count). The first kappa shape index (κ1) is 19.2. The molecule has 0 aliphatic carbocycles. The number of aromatic nitrogens is 1. The molecule has 1 saturated heterocycles. The van der Waals surface area contributed by atoms with Gasteiger partial charge in [-0.05, 0) is 32.1 Å². The number of hydrogen-bond acceptors (Lipinski definition) is 4.